The smallest absolute Gasteiger partial charge is 0.154 e. The quantitative estimate of drug-likeness (QED) is 0.369. The van der Waals surface area contributed by atoms with Crippen LogP contribution < -0.4 is 5.73 Å². The van der Waals surface area contributed by atoms with Gasteiger partial charge in [-0.1, -0.05) is 30.3 Å². The van der Waals surface area contributed by atoms with Crippen molar-refractivity contribution in [3.8, 4) is 0 Å². The van der Waals surface area contributed by atoms with Crippen LogP contribution in [0.2, 0.25) is 5.02 Å². The van der Waals surface area contributed by atoms with Crippen LogP contribution in [0, 0.1) is 0 Å². The molecule has 0 aliphatic carbocycles. The Morgan fingerprint density at radius 3 is 2.61 bits per heavy atom. The van der Waals surface area contributed by atoms with Gasteiger partial charge in [0.15, 0.2) is 5.17 Å². The molecular formula is C13H19ClN2S2. The van der Waals surface area contributed by atoms with E-state index in [4.69, 9.17) is 17.3 Å². The first kappa shape index (κ1) is 15.7. The normalized spacial score (nSPS) is 13.6. The Morgan fingerprint density at radius 2 is 2.00 bits per heavy atom. The highest BCUT2D eigenvalue weighted by Crippen LogP contribution is 2.21. The Morgan fingerprint density at radius 1 is 1.33 bits per heavy atom. The summed E-state index contributed by atoms with van der Waals surface area (Å²) in [6.07, 6.45) is 1.03. The summed E-state index contributed by atoms with van der Waals surface area (Å²) in [5.41, 5.74) is 5.84. The molecule has 0 saturated heterocycles. The lowest BCUT2D eigenvalue weighted by atomic mass is 10.3. The second-order valence-electron chi connectivity index (χ2n) is 3.88. The van der Waals surface area contributed by atoms with Crippen LogP contribution in [0.5, 0.6) is 0 Å². The third kappa shape index (κ3) is 6.57. The fourth-order valence-corrected chi connectivity index (χ4v) is 3.00. The van der Waals surface area contributed by atoms with E-state index in [1.165, 1.54) is 4.90 Å². The number of hydrogen-bond acceptors (Lipinski definition) is 3. The van der Waals surface area contributed by atoms with E-state index >= 15 is 0 Å². The van der Waals surface area contributed by atoms with Gasteiger partial charge in [-0.15, -0.1) is 11.8 Å². The molecule has 0 radical (unpaired) electrons. The lowest BCUT2D eigenvalue weighted by Gasteiger charge is -2.05. The average molecular weight is 303 g/mol. The molecule has 1 atom stereocenters. The Labute approximate surface area is 123 Å². The van der Waals surface area contributed by atoms with Gasteiger partial charge in [-0.2, -0.15) is 0 Å². The van der Waals surface area contributed by atoms with Crippen LogP contribution >= 0.6 is 35.1 Å². The minimum atomic E-state index is 0.321. The highest BCUT2D eigenvalue weighted by atomic mass is 35.5. The van der Waals surface area contributed by atoms with Crippen LogP contribution in [-0.4, -0.2) is 22.7 Å². The number of hydrogen-bond donors (Lipinski definition) is 1. The highest BCUT2D eigenvalue weighted by molar-refractivity contribution is 8.14. The summed E-state index contributed by atoms with van der Waals surface area (Å²) in [6.45, 7) is 4.19. The molecule has 0 aliphatic rings. The fourth-order valence-electron chi connectivity index (χ4n) is 1.18. The largest absolute Gasteiger partial charge is 0.379 e. The molecule has 100 valence electrons. The number of benzene rings is 1. The second kappa shape index (κ2) is 8.73. The van der Waals surface area contributed by atoms with E-state index in [2.05, 4.69) is 18.8 Å². The Hall–Kier alpha value is -0.320. The van der Waals surface area contributed by atoms with Crippen molar-refractivity contribution in [2.45, 2.75) is 31.2 Å². The predicted molar refractivity (Wildman–Crippen MR) is 86.0 cm³/mol. The molecule has 1 aromatic rings. The molecule has 2 N–H and O–H groups in total. The molecule has 0 saturated carbocycles. The molecular weight excluding hydrogens is 284 g/mol. The number of thioether (sulfide) groups is 2. The summed E-state index contributed by atoms with van der Waals surface area (Å²) >= 11 is 9.26. The molecule has 1 rings (SSSR count). The number of aliphatic imine (C=N–C) groups is 1. The monoisotopic (exact) mass is 302 g/mol. The second-order valence-corrected chi connectivity index (χ2v) is 6.60. The molecule has 0 bridgehead atoms. The van der Waals surface area contributed by atoms with Crippen molar-refractivity contribution in [1.82, 2.24) is 0 Å². The summed E-state index contributed by atoms with van der Waals surface area (Å²) in [5.74, 6) is 1.99. The van der Waals surface area contributed by atoms with Gasteiger partial charge in [0, 0.05) is 27.5 Å². The molecule has 2 nitrogen and oxygen atoms in total. The van der Waals surface area contributed by atoms with Crippen LogP contribution in [0.25, 0.3) is 0 Å². The lowest BCUT2D eigenvalue weighted by Crippen LogP contribution is -2.12. The fraction of sp³-hybridized carbons (Fsp3) is 0.462. The van der Waals surface area contributed by atoms with E-state index in [0.717, 1.165) is 22.9 Å². The Bertz CT molecular complexity index is 379. The zero-order valence-corrected chi connectivity index (χ0v) is 13.1. The van der Waals surface area contributed by atoms with Crippen molar-refractivity contribution in [2.75, 3.05) is 11.5 Å². The van der Waals surface area contributed by atoms with E-state index in [-0.39, 0.29) is 0 Å². The van der Waals surface area contributed by atoms with Gasteiger partial charge in [-0.25, -0.2) is 0 Å². The first-order chi connectivity index (χ1) is 8.61. The maximum Gasteiger partial charge on any atom is 0.154 e. The molecule has 0 unspecified atom stereocenters. The Balaban J connectivity index is 2.22. The molecule has 5 heteroatoms. The first-order valence-corrected chi connectivity index (χ1v) is 8.31. The summed E-state index contributed by atoms with van der Waals surface area (Å²) < 4.78 is 0. The standard InChI is InChI=1S/C13H19ClN2S2/c1-3-10(2)16-13(15)18-9-8-17-12-6-4-11(14)5-7-12/h4-7,10H,3,8-9H2,1-2H3,(H2,15,16)/t10-/m0/s1. The van der Waals surface area contributed by atoms with E-state index < -0.39 is 0 Å². The predicted octanol–water partition coefficient (Wildman–Crippen LogP) is 4.28. The van der Waals surface area contributed by atoms with E-state index in [1.807, 2.05) is 24.3 Å². The van der Waals surface area contributed by atoms with Gasteiger partial charge in [0.2, 0.25) is 0 Å². The summed E-state index contributed by atoms with van der Waals surface area (Å²) in [5, 5.41) is 1.47. The van der Waals surface area contributed by atoms with Crippen molar-refractivity contribution >= 4 is 40.3 Å². The van der Waals surface area contributed by atoms with Crippen LogP contribution in [0.3, 0.4) is 0 Å². The van der Waals surface area contributed by atoms with Gasteiger partial charge in [0.1, 0.15) is 0 Å². The third-order valence-corrected chi connectivity index (χ3v) is 4.69. The molecule has 0 aliphatic heterocycles. The van der Waals surface area contributed by atoms with Crippen molar-refractivity contribution in [2.24, 2.45) is 10.7 Å². The zero-order chi connectivity index (χ0) is 13.4. The molecule has 0 spiro atoms. The van der Waals surface area contributed by atoms with E-state index in [1.54, 1.807) is 23.5 Å². The number of nitrogens with two attached hydrogens (primary N) is 1. The summed E-state index contributed by atoms with van der Waals surface area (Å²) in [6, 6.07) is 8.22. The Kier molecular flexibility index (Phi) is 7.63. The van der Waals surface area contributed by atoms with E-state index in [9.17, 15) is 0 Å². The maximum absolute atomic E-state index is 5.84. The third-order valence-electron chi connectivity index (χ3n) is 2.35. The van der Waals surface area contributed by atoms with Crippen molar-refractivity contribution in [3.63, 3.8) is 0 Å². The molecule has 0 heterocycles. The zero-order valence-electron chi connectivity index (χ0n) is 10.7. The van der Waals surface area contributed by atoms with Gasteiger partial charge in [-0.05, 0) is 37.6 Å². The molecule has 0 aromatic heterocycles. The van der Waals surface area contributed by atoms with Gasteiger partial charge < -0.3 is 5.73 Å². The molecule has 0 amide bonds. The first-order valence-electron chi connectivity index (χ1n) is 5.96. The topological polar surface area (TPSA) is 38.4 Å². The van der Waals surface area contributed by atoms with Gasteiger partial charge >= 0.3 is 0 Å². The molecule has 1 aromatic carbocycles. The summed E-state index contributed by atoms with van der Waals surface area (Å²) in [7, 11) is 0. The number of amidine groups is 1. The van der Waals surface area contributed by atoms with Crippen LogP contribution in [0.15, 0.2) is 34.2 Å². The summed E-state index contributed by atoms with van der Waals surface area (Å²) in [4.78, 5) is 5.62. The lowest BCUT2D eigenvalue weighted by molar-refractivity contribution is 0.718. The number of rotatable bonds is 6. The van der Waals surface area contributed by atoms with Crippen molar-refractivity contribution in [3.05, 3.63) is 29.3 Å². The average Bonchev–Trinajstić information content (AvgIpc) is 2.36. The van der Waals surface area contributed by atoms with Gasteiger partial charge in [0.05, 0.1) is 0 Å². The van der Waals surface area contributed by atoms with Gasteiger partial charge in [0.25, 0.3) is 0 Å². The minimum Gasteiger partial charge on any atom is -0.379 e. The van der Waals surface area contributed by atoms with Gasteiger partial charge in [-0.3, -0.25) is 4.99 Å². The SMILES string of the molecule is CC[C@H](C)N=C(N)SCCSc1ccc(Cl)cc1. The van der Waals surface area contributed by atoms with Crippen molar-refractivity contribution in [1.29, 1.82) is 0 Å². The number of nitrogens with zero attached hydrogens (tertiary/aromatic N) is 1. The highest BCUT2D eigenvalue weighted by Gasteiger charge is 1.99. The molecule has 18 heavy (non-hydrogen) atoms. The van der Waals surface area contributed by atoms with Crippen LogP contribution in [0.1, 0.15) is 20.3 Å². The van der Waals surface area contributed by atoms with Crippen molar-refractivity contribution < 1.29 is 0 Å². The van der Waals surface area contributed by atoms with E-state index in [0.29, 0.717) is 11.2 Å². The minimum absolute atomic E-state index is 0.321. The van der Waals surface area contributed by atoms with Crippen LogP contribution in [-0.2, 0) is 0 Å². The maximum atomic E-state index is 5.84. The molecule has 0 fully saturated rings. The number of halogens is 1. The van der Waals surface area contributed by atoms with Crippen LogP contribution in [0.4, 0.5) is 0 Å².